The Hall–Kier alpha value is 0.140. The van der Waals surface area contributed by atoms with Gasteiger partial charge in [-0.3, -0.25) is 0 Å². The number of nitrogens with two attached hydrogens (primary N) is 1. The van der Waals surface area contributed by atoms with Crippen molar-refractivity contribution in [3.63, 3.8) is 0 Å². The first-order valence-electron chi connectivity index (χ1n) is 4.33. The summed E-state index contributed by atoms with van der Waals surface area (Å²) in [6.45, 7) is 2.20. The molecule has 0 heterocycles. The second kappa shape index (κ2) is 3.37. The fourth-order valence-electron chi connectivity index (χ4n) is 1.94. The number of benzene rings is 1. The minimum Gasteiger partial charge on any atom is -0.324 e. The molecule has 0 radical (unpaired) electrons. The van der Waals surface area contributed by atoms with Gasteiger partial charge in [-0.15, -0.1) is 0 Å². The van der Waals surface area contributed by atoms with Gasteiger partial charge in [-0.1, -0.05) is 38.8 Å². The molecule has 0 aromatic heterocycles. The van der Waals surface area contributed by atoms with E-state index in [2.05, 4.69) is 50.9 Å². The summed E-state index contributed by atoms with van der Waals surface area (Å²) in [5.74, 6) is 0.556. The molecule has 2 unspecified atom stereocenters. The number of fused-ring (bicyclic) bond motifs is 1. The molecule has 0 bridgehead atoms. The van der Waals surface area contributed by atoms with E-state index in [4.69, 9.17) is 5.73 Å². The largest absolute Gasteiger partial charge is 0.324 e. The maximum Gasteiger partial charge on any atom is 0.0338 e. The zero-order valence-electron chi connectivity index (χ0n) is 7.35. The fraction of sp³-hybridized carbons (Fsp3) is 0.400. The van der Waals surface area contributed by atoms with Crippen LogP contribution in [0.3, 0.4) is 0 Å². The van der Waals surface area contributed by atoms with Crippen LogP contribution in [0.5, 0.6) is 0 Å². The van der Waals surface area contributed by atoms with Crippen LogP contribution >= 0.6 is 31.9 Å². The standard InChI is InChI=1S/C10H11Br2N/c1-5-2-6-3-7(11)4-8(12)9(6)10(5)13/h3-5,10H,2,13H2,1H3. The predicted octanol–water partition coefficient (Wildman–Crippen LogP) is 3.40. The average molecular weight is 305 g/mol. The first kappa shape index (κ1) is 9.69. The molecule has 1 aliphatic rings. The highest BCUT2D eigenvalue weighted by Gasteiger charge is 2.28. The molecule has 1 aliphatic carbocycles. The fourth-order valence-corrected chi connectivity index (χ4v) is 3.52. The monoisotopic (exact) mass is 303 g/mol. The van der Waals surface area contributed by atoms with E-state index in [1.165, 1.54) is 11.1 Å². The summed E-state index contributed by atoms with van der Waals surface area (Å²) in [4.78, 5) is 0. The summed E-state index contributed by atoms with van der Waals surface area (Å²) in [6, 6.07) is 4.43. The van der Waals surface area contributed by atoms with Crippen molar-refractivity contribution in [3.05, 3.63) is 32.2 Å². The first-order valence-corrected chi connectivity index (χ1v) is 5.91. The van der Waals surface area contributed by atoms with Crippen LogP contribution in [-0.4, -0.2) is 0 Å². The Balaban J connectivity index is 2.57. The van der Waals surface area contributed by atoms with E-state index >= 15 is 0 Å². The molecule has 0 aliphatic heterocycles. The highest BCUT2D eigenvalue weighted by Crippen LogP contribution is 2.40. The Bertz CT molecular complexity index is 349. The minimum absolute atomic E-state index is 0.192. The third-order valence-electron chi connectivity index (χ3n) is 2.67. The van der Waals surface area contributed by atoms with Gasteiger partial charge >= 0.3 is 0 Å². The van der Waals surface area contributed by atoms with Crippen LogP contribution in [0.4, 0.5) is 0 Å². The van der Waals surface area contributed by atoms with E-state index < -0.39 is 0 Å². The zero-order valence-corrected chi connectivity index (χ0v) is 10.5. The quantitative estimate of drug-likeness (QED) is 0.781. The van der Waals surface area contributed by atoms with Gasteiger partial charge in [0.2, 0.25) is 0 Å². The van der Waals surface area contributed by atoms with Crippen LogP contribution in [0.2, 0.25) is 0 Å². The van der Waals surface area contributed by atoms with E-state index in [1.807, 2.05) is 0 Å². The van der Waals surface area contributed by atoms with Crippen molar-refractivity contribution in [1.82, 2.24) is 0 Å². The molecule has 13 heavy (non-hydrogen) atoms. The molecule has 2 rings (SSSR count). The Morgan fingerprint density at radius 1 is 1.38 bits per heavy atom. The van der Waals surface area contributed by atoms with Gasteiger partial charge in [-0.05, 0) is 35.6 Å². The smallest absolute Gasteiger partial charge is 0.0338 e. The molecule has 0 saturated heterocycles. The highest BCUT2D eigenvalue weighted by molar-refractivity contribution is 9.11. The van der Waals surface area contributed by atoms with Gasteiger partial charge < -0.3 is 5.73 Å². The van der Waals surface area contributed by atoms with Crippen molar-refractivity contribution in [2.24, 2.45) is 11.7 Å². The first-order chi connectivity index (χ1) is 6.09. The highest BCUT2D eigenvalue weighted by atomic mass is 79.9. The lowest BCUT2D eigenvalue weighted by Gasteiger charge is -2.11. The molecular weight excluding hydrogens is 294 g/mol. The van der Waals surface area contributed by atoms with Gasteiger partial charge in [0.15, 0.2) is 0 Å². The van der Waals surface area contributed by atoms with Crippen molar-refractivity contribution in [3.8, 4) is 0 Å². The van der Waals surface area contributed by atoms with Gasteiger partial charge in [-0.25, -0.2) is 0 Å². The van der Waals surface area contributed by atoms with Crippen molar-refractivity contribution >= 4 is 31.9 Å². The second-order valence-corrected chi connectivity index (χ2v) is 5.44. The minimum atomic E-state index is 0.192. The Morgan fingerprint density at radius 3 is 2.77 bits per heavy atom. The summed E-state index contributed by atoms with van der Waals surface area (Å²) in [5, 5.41) is 0. The zero-order chi connectivity index (χ0) is 9.59. The van der Waals surface area contributed by atoms with Crippen LogP contribution in [0, 0.1) is 5.92 Å². The molecular formula is C10H11Br2N. The summed E-state index contributed by atoms with van der Waals surface area (Å²) < 4.78 is 2.26. The molecule has 0 spiro atoms. The van der Waals surface area contributed by atoms with E-state index in [0.717, 1.165) is 15.4 Å². The lowest BCUT2D eigenvalue weighted by atomic mass is 10.0. The Kier molecular flexibility index (Phi) is 2.51. The third kappa shape index (κ3) is 1.58. The molecule has 1 nitrogen and oxygen atoms in total. The summed E-state index contributed by atoms with van der Waals surface area (Å²) in [7, 11) is 0. The molecule has 2 atom stereocenters. The molecule has 2 N–H and O–H groups in total. The summed E-state index contributed by atoms with van der Waals surface area (Å²) in [5.41, 5.74) is 8.76. The van der Waals surface area contributed by atoms with Crippen molar-refractivity contribution in [2.45, 2.75) is 19.4 Å². The normalized spacial score (nSPS) is 26.2. The van der Waals surface area contributed by atoms with Gasteiger partial charge in [0.1, 0.15) is 0 Å². The third-order valence-corrected chi connectivity index (χ3v) is 3.78. The van der Waals surface area contributed by atoms with Crippen LogP contribution < -0.4 is 5.73 Å². The Morgan fingerprint density at radius 2 is 2.08 bits per heavy atom. The summed E-state index contributed by atoms with van der Waals surface area (Å²) >= 11 is 7.04. The molecule has 1 aromatic carbocycles. The van der Waals surface area contributed by atoms with Crippen molar-refractivity contribution in [2.75, 3.05) is 0 Å². The molecule has 0 saturated carbocycles. The number of hydrogen-bond donors (Lipinski definition) is 1. The topological polar surface area (TPSA) is 26.0 Å². The van der Waals surface area contributed by atoms with E-state index in [1.54, 1.807) is 0 Å². The maximum absolute atomic E-state index is 6.10. The van der Waals surface area contributed by atoms with Crippen LogP contribution in [0.1, 0.15) is 24.1 Å². The lowest BCUT2D eigenvalue weighted by Crippen LogP contribution is -2.14. The van der Waals surface area contributed by atoms with Crippen LogP contribution in [-0.2, 0) is 6.42 Å². The van der Waals surface area contributed by atoms with Gasteiger partial charge in [0.05, 0.1) is 0 Å². The number of rotatable bonds is 0. The van der Waals surface area contributed by atoms with Crippen molar-refractivity contribution in [1.29, 1.82) is 0 Å². The molecule has 3 heteroatoms. The van der Waals surface area contributed by atoms with Crippen LogP contribution in [0.25, 0.3) is 0 Å². The van der Waals surface area contributed by atoms with E-state index in [-0.39, 0.29) is 6.04 Å². The van der Waals surface area contributed by atoms with Crippen LogP contribution in [0.15, 0.2) is 21.1 Å². The predicted molar refractivity (Wildman–Crippen MR) is 61.6 cm³/mol. The van der Waals surface area contributed by atoms with Crippen molar-refractivity contribution < 1.29 is 0 Å². The Labute approximate surface area is 95.0 Å². The van der Waals surface area contributed by atoms with E-state index in [0.29, 0.717) is 5.92 Å². The molecule has 70 valence electrons. The lowest BCUT2D eigenvalue weighted by molar-refractivity contribution is 0.512. The second-order valence-electron chi connectivity index (χ2n) is 3.67. The number of hydrogen-bond acceptors (Lipinski definition) is 1. The summed E-state index contributed by atoms with van der Waals surface area (Å²) in [6.07, 6.45) is 1.09. The average Bonchev–Trinajstić information content (AvgIpc) is 2.27. The SMILES string of the molecule is CC1Cc2cc(Br)cc(Br)c2C1N. The molecule has 0 amide bonds. The molecule has 0 fully saturated rings. The number of halogens is 2. The molecule has 1 aromatic rings. The van der Waals surface area contributed by atoms with Gasteiger partial charge in [-0.2, -0.15) is 0 Å². The van der Waals surface area contributed by atoms with Gasteiger partial charge in [0.25, 0.3) is 0 Å². The maximum atomic E-state index is 6.10. The van der Waals surface area contributed by atoms with Gasteiger partial charge in [0, 0.05) is 15.0 Å². The van der Waals surface area contributed by atoms with E-state index in [9.17, 15) is 0 Å².